The molecule has 3 rings (SSSR count). The number of hydrogen-bond acceptors (Lipinski definition) is 4. The number of amides is 1. The molecular formula is C16H17BrN2O3. The van der Waals surface area contributed by atoms with Crippen molar-refractivity contribution in [2.45, 2.75) is 19.1 Å². The Labute approximate surface area is 137 Å². The van der Waals surface area contributed by atoms with Crippen LogP contribution < -0.4 is 15.4 Å². The number of carbonyl (C=O) groups excluding carboxylic acids is 1. The molecule has 1 aromatic heterocycles. The fraction of sp³-hybridized carbons (Fsp3) is 0.312. The molecule has 0 saturated carbocycles. The van der Waals surface area contributed by atoms with Crippen LogP contribution in [0.1, 0.15) is 22.7 Å². The molecule has 6 heteroatoms. The van der Waals surface area contributed by atoms with Gasteiger partial charge in [-0.15, -0.1) is 0 Å². The molecule has 0 aliphatic carbocycles. The van der Waals surface area contributed by atoms with Crippen molar-refractivity contribution in [3.63, 3.8) is 0 Å². The van der Waals surface area contributed by atoms with Gasteiger partial charge < -0.3 is 19.8 Å². The van der Waals surface area contributed by atoms with Crippen LogP contribution in [0.25, 0.3) is 0 Å². The van der Waals surface area contributed by atoms with E-state index in [1.165, 1.54) is 0 Å². The Morgan fingerprint density at radius 1 is 1.41 bits per heavy atom. The van der Waals surface area contributed by atoms with E-state index in [-0.39, 0.29) is 18.6 Å². The Balaban J connectivity index is 1.55. The third kappa shape index (κ3) is 3.90. The second kappa shape index (κ2) is 6.98. The van der Waals surface area contributed by atoms with Crippen molar-refractivity contribution in [2.75, 3.05) is 13.1 Å². The minimum Gasteiger partial charge on any atom is -0.486 e. The number of furan rings is 1. The normalized spacial score (nSPS) is 17.4. The number of hydrogen-bond donors (Lipinski definition) is 2. The van der Waals surface area contributed by atoms with E-state index in [9.17, 15) is 4.79 Å². The van der Waals surface area contributed by atoms with Crippen molar-refractivity contribution < 1.29 is 13.9 Å². The minimum absolute atomic E-state index is 0.178. The molecule has 1 atom stereocenters. The van der Waals surface area contributed by atoms with Crippen molar-refractivity contribution >= 4 is 21.8 Å². The predicted octanol–water partition coefficient (Wildman–Crippen LogP) is 2.71. The first-order valence-electron chi connectivity index (χ1n) is 7.19. The summed E-state index contributed by atoms with van der Waals surface area (Å²) in [5.74, 6) is 1.51. The highest BCUT2D eigenvalue weighted by atomic mass is 79.9. The molecule has 0 bridgehead atoms. The summed E-state index contributed by atoms with van der Waals surface area (Å²) >= 11 is 3.39. The second-order valence-electron chi connectivity index (χ2n) is 5.18. The van der Waals surface area contributed by atoms with Crippen LogP contribution in [0, 0.1) is 0 Å². The Morgan fingerprint density at radius 2 is 2.32 bits per heavy atom. The van der Waals surface area contributed by atoms with Gasteiger partial charge in [0.2, 0.25) is 0 Å². The van der Waals surface area contributed by atoms with Crippen LogP contribution in [-0.2, 0) is 6.61 Å². The molecule has 2 N–H and O–H groups in total. The highest BCUT2D eigenvalue weighted by molar-refractivity contribution is 9.10. The van der Waals surface area contributed by atoms with Gasteiger partial charge in [-0.05, 0) is 43.3 Å². The van der Waals surface area contributed by atoms with E-state index in [4.69, 9.17) is 9.15 Å². The lowest BCUT2D eigenvalue weighted by Crippen LogP contribution is -2.35. The van der Waals surface area contributed by atoms with Gasteiger partial charge in [-0.1, -0.05) is 22.0 Å². The van der Waals surface area contributed by atoms with E-state index < -0.39 is 0 Å². The van der Waals surface area contributed by atoms with E-state index in [0.717, 1.165) is 29.7 Å². The maximum absolute atomic E-state index is 12.1. The number of ether oxygens (including phenoxy) is 1. The molecule has 0 radical (unpaired) electrons. The third-order valence-electron chi connectivity index (χ3n) is 3.46. The van der Waals surface area contributed by atoms with Crippen molar-refractivity contribution in [1.29, 1.82) is 0 Å². The maximum Gasteiger partial charge on any atom is 0.287 e. The lowest BCUT2D eigenvalue weighted by molar-refractivity contribution is 0.0908. The van der Waals surface area contributed by atoms with Crippen LogP contribution in [-0.4, -0.2) is 25.0 Å². The molecule has 22 heavy (non-hydrogen) atoms. The second-order valence-corrected chi connectivity index (χ2v) is 6.09. The van der Waals surface area contributed by atoms with Crippen LogP contribution in [0.15, 0.2) is 45.3 Å². The maximum atomic E-state index is 12.1. The van der Waals surface area contributed by atoms with E-state index >= 15 is 0 Å². The zero-order valence-electron chi connectivity index (χ0n) is 12.0. The molecule has 5 nitrogen and oxygen atoms in total. The van der Waals surface area contributed by atoms with Crippen molar-refractivity contribution in [3.05, 3.63) is 52.4 Å². The lowest BCUT2D eigenvalue weighted by Gasteiger charge is -2.09. The summed E-state index contributed by atoms with van der Waals surface area (Å²) < 4.78 is 12.1. The largest absolute Gasteiger partial charge is 0.486 e. The summed E-state index contributed by atoms with van der Waals surface area (Å²) in [5, 5.41) is 6.16. The quantitative estimate of drug-likeness (QED) is 0.855. The van der Waals surface area contributed by atoms with Gasteiger partial charge in [-0.2, -0.15) is 0 Å². The monoisotopic (exact) mass is 364 g/mol. The molecule has 1 saturated heterocycles. The number of nitrogens with one attached hydrogen (secondary N) is 2. The molecule has 116 valence electrons. The van der Waals surface area contributed by atoms with Gasteiger partial charge in [-0.25, -0.2) is 0 Å². The smallest absolute Gasteiger partial charge is 0.287 e. The van der Waals surface area contributed by atoms with Gasteiger partial charge >= 0.3 is 0 Å². The van der Waals surface area contributed by atoms with Crippen LogP contribution >= 0.6 is 15.9 Å². The zero-order valence-corrected chi connectivity index (χ0v) is 13.6. The molecule has 1 aliphatic rings. The first-order valence-corrected chi connectivity index (χ1v) is 7.99. The molecule has 2 heterocycles. The number of halogens is 1. The standard InChI is InChI=1S/C16H17BrN2O3/c17-11-2-1-3-13(8-11)21-10-14-4-5-15(22-14)16(20)19-12-6-7-18-9-12/h1-5,8,12,18H,6-7,9-10H2,(H,19,20). The topological polar surface area (TPSA) is 63.5 Å². The summed E-state index contributed by atoms with van der Waals surface area (Å²) in [7, 11) is 0. The first-order chi connectivity index (χ1) is 10.7. The Hall–Kier alpha value is -1.79. The summed E-state index contributed by atoms with van der Waals surface area (Å²) in [6.45, 7) is 2.04. The molecule has 1 fully saturated rings. The highest BCUT2D eigenvalue weighted by Crippen LogP contribution is 2.19. The van der Waals surface area contributed by atoms with Crippen LogP contribution in [0.3, 0.4) is 0 Å². The van der Waals surface area contributed by atoms with Gasteiger partial charge in [0, 0.05) is 17.1 Å². The average molecular weight is 365 g/mol. The van der Waals surface area contributed by atoms with E-state index in [1.807, 2.05) is 24.3 Å². The van der Waals surface area contributed by atoms with Crippen molar-refractivity contribution in [1.82, 2.24) is 10.6 Å². The predicted molar refractivity (Wildman–Crippen MR) is 85.9 cm³/mol. The van der Waals surface area contributed by atoms with Crippen LogP contribution in [0.4, 0.5) is 0 Å². The van der Waals surface area contributed by atoms with Gasteiger partial charge in [0.15, 0.2) is 5.76 Å². The van der Waals surface area contributed by atoms with Crippen LogP contribution in [0.2, 0.25) is 0 Å². The number of rotatable bonds is 5. The van der Waals surface area contributed by atoms with Crippen molar-refractivity contribution in [2.24, 2.45) is 0 Å². The summed E-state index contributed by atoms with van der Waals surface area (Å²) in [6, 6.07) is 11.2. The Morgan fingerprint density at radius 3 is 3.09 bits per heavy atom. The molecule has 2 aromatic rings. The SMILES string of the molecule is O=C(NC1CCNC1)c1ccc(COc2cccc(Br)c2)o1. The molecule has 1 aromatic carbocycles. The van der Waals surface area contributed by atoms with Crippen molar-refractivity contribution in [3.8, 4) is 5.75 Å². The molecule has 1 amide bonds. The number of benzene rings is 1. The molecular weight excluding hydrogens is 348 g/mol. The fourth-order valence-electron chi connectivity index (χ4n) is 2.32. The Bertz CT molecular complexity index is 650. The third-order valence-corrected chi connectivity index (χ3v) is 3.95. The van der Waals surface area contributed by atoms with Gasteiger partial charge in [0.05, 0.1) is 0 Å². The first kappa shape index (κ1) is 15.1. The van der Waals surface area contributed by atoms with Crippen LogP contribution in [0.5, 0.6) is 5.75 Å². The number of carbonyl (C=O) groups is 1. The highest BCUT2D eigenvalue weighted by Gasteiger charge is 2.19. The molecule has 1 unspecified atom stereocenters. The lowest BCUT2D eigenvalue weighted by atomic mass is 10.2. The molecule has 0 spiro atoms. The summed E-state index contributed by atoms with van der Waals surface area (Å²) in [4.78, 5) is 12.1. The van der Waals surface area contributed by atoms with E-state index in [0.29, 0.717) is 11.5 Å². The summed E-state index contributed by atoms with van der Waals surface area (Å²) in [6.07, 6.45) is 0.950. The van der Waals surface area contributed by atoms with Gasteiger partial charge in [-0.3, -0.25) is 4.79 Å². The molecule has 1 aliphatic heterocycles. The van der Waals surface area contributed by atoms with E-state index in [1.54, 1.807) is 12.1 Å². The van der Waals surface area contributed by atoms with Gasteiger partial charge in [0.25, 0.3) is 5.91 Å². The summed E-state index contributed by atoms with van der Waals surface area (Å²) in [5.41, 5.74) is 0. The zero-order chi connectivity index (χ0) is 15.4. The average Bonchev–Trinajstić information content (AvgIpc) is 3.16. The van der Waals surface area contributed by atoms with E-state index in [2.05, 4.69) is 26.6 Å². The Kier molecular flexibility index (Phi) is 4.80. The minimum atomic E-state index is -0.178. The van der Waals surface area contributed by atoms with Gasteiger partial charge in [0.1, 0.15) is 18.1 Å². The fourth-order valence-corrected chi connectivity index (χ4v) is 2.70.